The van der Waals surface area contributed by atoms with Gasteiger partial charge in [0.15, 0.2) is 5.13 Å². The monoisotopic (exact) mass is 243 g/mol. The van der Waals surface area contributed by atoms with Gasteiger partial charge in [0.1, 0.15) is 12.8 Å². The van der Waals surface area contributed by atoms with Crippen molar-refractivity contribution in [1.82, 2.24) is 4.98 Å². The Labute approximate surface area is 95.1 Å². The number of rotatable bonds is 5. The lowest BCUT2D eigenvalue weighted by atomic mass is 10.3. The van der Waals surface area contributed by atoms with Crippen LogP contribution in [0, 0.1) is 0 Å². The van der Waals surface area contributed by atoms with Crippen molar-refractivity contribution in [2.75, 3.05) is 19.5 Å². The fourth-order valence-electron chi connectivity index (χ4n) is 0.876. The number of carbonyl (C=O) groups is 2. The average Bonchev–Trinajstić information content (AvgIpc) is 2.74. The molecule has 1 heterocycles. The molecular formula is C8H9N3O4S. The maximum absolute atomic E-state index is 11.3. The number of carbonyl (C=O) groups excluding carboxylic acids is 2. The molecule has 1 rings (SSSR count). The highest BCUT2D eigenvalue weighted by molar-refractivity contribution is 7.14. The molecule has 16 heavy (non-hydrogen) atoms. The van der Waals surface area contributed by atoms with Gasteiger partial charge in [0.25, 0.3) is 0 Å². The van der Waals surface area contributed by atoms with Crippen molar-refractivity contribution in [2.45, 2.75) is 0 Å². The van der Waals surface area contributed by atoms with Crippen LogP contribution in [0.1, 0.15) is 5.69 Å². The second kappa shape index (κ2) is 5.81. The van der Waals surface area contributed by atoms with Gasteiger partial charge < -0.3 is 14.9 Å². The van der Waals surface area contributed by atoms with Crippen molar-refractivity contribution in [2.24, 2.45) is 5.16 Å². The molecule has 0 fully saturated rings. The first-order chi connectivity index (χ1) is 7.72. The fraction of sp³-hybridized carbons (Fsp3) is 0.250. The largest absolute Gasteiger partial charge is 0.464 e. The summed E-state index contributed by atoms with van der Waals surface area (Å²) in [5.41, 5.74) is 0.225. The molecule has 0 saturated heterocycles. The summed E-state index contributed by atoms with van der Waals surface area (Å²) in [5, 5.41) is 7.78. The van der Waals surface area contributed by atoms with E-state index in [1.165, 1.54) is 14.2 Å². The summed E-state index contributed by atoms with van der Waals surface area (Å²) in [6, 6.07) is 0. The van der Waals surface area contributed by atoms with Crippen LogP contribution in [0.5, 0.6) is 0 Å². The van der Waals surface area contributed by atoms with Gasteiger partial charge in [-0.1, -0.05) is 5.16 Å². The number of anilines is 1. The summed E-state index contributed by atoms with van der Waals surface area (Å²) >= 11 is 1.16. The number of hydrogen-bond acceptors (Lipinski definition) is 7. The Morgan fingerprint density at radius 2 is 2.38 bits per heavy atom. The van der Waals surface area contributed by atoms with Crippen LogP contribution >= 0.6 is 11.3 Å². The molecule has 1 amide bonds. The quantitative estimate of drug-likeness (QED) is 0.346. The highest BCUT2D eigenvalue weighted by atomic mass is 32.1. The maximum Gasteiger partial charge on any atom is 0.362 e. The highest BCUT2D eigenvalue weighted by Gasteiger charge is 2.18. The van der Waals surface area contributed by atoms with Crippen LogP contribution in [0.15, 0.2) is 10.5 Å². The van der Waals surface area contributed by atoms with Crippen molar-refractivity contribution in [3.05, 3.63) is 11.1 Å². The molecule has 0 saturated carbocycles. The third-order valence-electron chi connectivity index (χ3n) is 1.49. The van der Waals surface area contributed by atoms with Crippen molar-refractivity contribution in [1.29, 1.82) is 0 Å². The molecule has 7 nitrogen and oxygen atoms in total. The van der Waals surface area contributed by atoms with Crippen LogP contribution in [-0.2, 0) is 19.2 Å². The van der Waals surface area contributed by atoms with Crippen LogP contribution in [0.25, 0.3) is 0 Å². The molecule has 0 bridgehead atoms. The van der Waals surface area contributed by atoms with Gasteiger partial charge in [0.2, 0.25) is 12.1 Å². The lowest BCUT2D eigenvalue weighted by Crippen LogP contribution is -2.18. The summed E-state index contributed by atoms with van der Waals surface area (Å²) in [6.07, 6.45) is 0.494. The number of esters is 1. The number of methoxy groups -OCH3 is 1. The SMILES string of the molecule is CON=C(C(=O)OC)c1csc(NC=O)n1. The Kier molecular flexibility index (Phi) is 4.40. The predicted octanol–water partition coefficient (Wildman–Crippen LogP) is 0.235. The molecule has 0 radical (unpaired) electrons. The zero-order valence-electron chi connectivity index (χ0n) is 8.59. The van der Waals surface area contributed by atoms with Crippen molar-refractivity contribution < 1.29 is 19.2 Å². The molecule has 0 aromatic carbocycles. The minimum Gasteiger partial charge on any atom is -0.464 e. The van der Waals surface area contributed by atoms with Crippen LogP contribution in [0.3, 0.4) is 0 Å². The molecule has 1 aromatic rings. The van der Waals surface area contributed by atoms with Crippen molar-refractivity contribution in [3.8, 4) is 0 Å². The van der Waals surface area contributed by atoms with E-state index in [-0.39, 0.29) is 11.4 Å². The normalized spacial score (nSPS) is 10.8. The third kappa shape index (κ3) is 2.76. The Morgan fingerprint density at radius 3 is 2.94 bits per heavy atom. The van der Waals surface area contributed by atoms with E-state index in [0.29, 0.717) is 11.5 Å². The molecule has 86 valence electrons. The lowest BCUT2D eigenvalue weighted by molar-refractivity contribution is -0.132. The second-order valence-electron chi connectivity index (χ2n) is 2.41. The van der Waals surface area contributed by atoms with E-state index in [2.05, 4.69) is 25.0 Å². The van der Waals surface area contributed by atoms with Crippen molar-refractivity contribution in [3.63, 3.8) is 0 Å². The van der Waals surface area contributed by atoms with E-state index >= 15 is 0 Å². The summed E-state index contributed by atoms with van der Waals surface area (Å²) < 4.78 is 4.51. The topological polar surface area (TPSA) is 89.9 Å². The predicted molar refractivity (Wildman–Crippen MR) is 57.4 cm³/mol. The summed E-state index contributed by atoms with van der Waals surface area (Å²) in [5.74, 6) is -0.662. The molecule has 1 aromatic heterocycles. The first kappa shape index (κ1) is 12.1. The molecule has 0 aliphatic carbocycles. The number of hydrogen-bond donors (Lipinski definition) is 1. The van der Waals surface area contributed by atoms with Crippen LogP contribution < -0.4 is 5.32 Å². The smallest absolute Gasteiger partial charge is 0.362 e. The van der Waals surface area contributed by atoms with E-state index in [9.17, 15) is 9.59 Å². The first-order valence-electron chi connectivity index (χ1n) is 4.08. The molecule has 0 unspecified atom stereocenters. The number of nitrogens with one attached hydrogen (secondary N) is 1. The molecule has 0 aliphatic rings. The van der Waals surface area contributed by atoms with E-state index in [1.807, 2.05) is 0 Å². The maximum atomic E-state index is 11.3. The molecule has 8 heteroatoms. The Morgan fingerprint density at radius 1 is 1.62 bits per heavy atom. The van der Waals surface area contributed by atoms with Crippen LogP contribution in [0.2, 0.25) is 0 Å². The van der Waals surface area contributed by atoms with Gasteiger partial charge in [0.05, 0.1) is 7.11 Å². The lowest BCUT2D eigenvalue weighted by Gasteiger charge is -1.99. The van der Waals surface area contributed by atoms with Gasteiger partial charge in [-0.2, -0.15) is 0 Å². The standard InChI is InChI=1S/C8H9N3O4S/c1-14-7(13)6(11-15-2)5-3-16-8(10-5)9-4-12/h3-4H,1-2H3,(H,9,10,12). The number of thiazole rings is 1. The minimum atomic E-state index is -0.662. The number of amides is 1. The average molecular weight is 243 g/mol. The van der Waals surface area contributed by atoms with E-state index in [4.69, 9.17) is 0 Å². The van der Waals surface area contributed by atoms with E-state index in [0.717, 1.165) is 11.3 Å². The van der Waals surface area contributed by atoms with Gasteiger partial charge in [-0.05, 0) is 0 Å². The number of aromatic nitrogens is 1. The minimum absolute atomic E-state index is 0.0554. The number of oxime groups is 1. The molecule has 1 N–H and O–H groups in total. The Hall–Kier alpha value is -1.96. The first-order valence-corrected chi connectivity index (χ1v) is 4.96. The Bertz CT molecular complexity index is 415. The number of nitrogens with zero attached hydrogens (tertiary/aromatic N) is 2. The van der Waals surface area contributed by atoms with Gasteiger partial charge >= 0.3 is 5.97 Å². The third-order valence-corrected chi connectivity index (χ3v) is 2.26. The van der Waals surface area contributed by atoms with Crippen LogP contribution in [-0.4, -0.2) is 37.3 Å². The summed E-state index contributed by atoms with van der Waals surface area (Å²) in [6.45, 7) is 0. The highest BCUT2D eigenvalue weighted by Crippen LogP contribution is 2.15. The molecule has 0 atom stereocenters. The van der Waals surface area contributed by atoms with Gasteiger partial charge in [-0.3, -0.25) is 4.79 Å². The van der Waals surface area contributed by atoms with Gasteiger partial charge in [0, 0.05) is 5.38 Å². The van der Waals surface area contributed by atoms with Gasteiger partial charge in [-0.15, -0.1) is 11.3 Å². The fourth-order valence-corrected chi connectivity index (χ4v) is 1.53. The molecular weight excluding hydrogens is 234 g/mol. The summed E-state index contributed by atoms with van der Waals surface area (Å²) in [7, 11) is 2.53. The zero-order valence-corrected chi connectivity index (χ0v) is 9.41. The van der Waals surface area contributed by atoms with Crippen molar-refractivity contribution >= 4 is 34.6 Å². The zero-order chi connectivity index (χ0) is 12.0. The van der Waals surface area contributed by atoms with E-state index in [1.54, 1.807) is 5.38 Å². The summed E-state index contributed by atoms with van der Waals surface area (Å²) in [4.78, 5) is 30.0. The number of ether oxygens (including phenoxy) is 1. The molecule has 0 spiro atoms. The molecule has 0 aliphatic heterocycles. The van der Waals surface area contributed by atoms with E-state index < -0.39 is 5.97 Å². The van der Waals surface area contributed by atoms with Crippen LogP contribution in [0.4, 0.5) is 5.13 Å². The van der Waals surface area contributed by atoms with Gasteiger partial charge in [-0.25, -0.2) is 9.78 Å². The Balaban J connectivity index is 2.97. The second-order valence-corrected chi connectivity index (χ2v) is 3.27.